The first-order valence-electron chi connectivity index (χ1n) is 11.2. The molecule has 0 radical (unpaired) electrons. The zero-order chi connectivity index (χ0) is 24.6. The Hall–Kier alpha value is -2.85. The summed E-state index contributed by atoms with van der Waals surface area (Å²) >= 11 is 0. The Morgan fingerprint density at radius 1 is 1.12 bits per heavy atom. The van der Waals surface area contributed by atoms with Crippen molar-refractivity contribution in [1.29, 1.82) is 5.41 Å². The smallest absolute Gasteiger partial charge is 0.241 e. The maximum absolute atomic E-state index is 13.4. The van der Waals surface area contributed by atoms with Crippen molar-refractivity contribution in [3.63, 3.8) is 0 Å². The van der Waals surface area contributed by atoms with Crippen LogP contribution in [0.4, 0.5) is 5.69 Å². The number of rotatable bonds is 12. The number of nitrogens with zero attached hydrogens (tertiary/aromatic N) is 1. The first-order valence-corrected chi connectivity index (χ1v) is 12.6. The van der Waals surface area contributed by atoms with Crippen LogP contribution in [0.5, 0.6) is 0 Å². The monoisotopic (exact) mass is 476 g/mol. The van der Waals surface area contributed by atoms with Crippen LogP contribution in [-0.4, -0.2) is 53.0 Å². The third kappa shape index (κ3) is 7.33. The molecule has 9 nitrogen and oxygen atoms in total. The fourth-order valence-corrected chi connectivity index (χ4v) is 5.21. The topological polar surface area (TPSA) is 140 Å². The number of carbonyl (C=O) groups excluding carboxylic acids is 1. The standard InChI is InChI=1S/C23H36N6O3S/c1-5-9-16(2)27-22(30)19(12-8-15-26-23(24)25)28-33(31,32)21-14-7-10-17-18(21)11-6-13-20(17)29(3)4/h6-7,10-11,13-14,16,19,28H,5,8-9,12,15H2,1-4H3,(H,27,30)(H4,24,25,26)/t16?,19-/m0/s1. The zero-order valence-electron chi connectivity index (χ0n) is 19.8. The Labute approximate surface area is 196 Å². The lowest BCUT2D eigenvalue weighted by Gasteiger charge is -2.22. The second kappa shape index (κ2) is 11.9. The molecule has 2 atom stereocenters. The Bertz CT molecular complexity index is 1070. The average Bonchev–Trinajstić information content (AvgIpc) is 2.74. The Kier molecular flexibility index (Phi) is 9.48. The van der Waals surface area contributed by atoms with E-state index in [0.29, 0.717) is 18.4 Å². The van der Waals surface area contributed by atoms with Crippen molar-refractivity contribution in [1.82, 2.24) is 15.4 Å². The molecule has 2 aromatic carbocycles. The first kappa shape index (κ1) is 26.4. The normalized spacial score (nSPS) is 13.3. The number of carbonyl (C=O) groups is 1. The molecule has 0 aliphatic heterocycles. The van der Waals surface area contributed by atoms with Gasteiger partial charge in [0.2, 0.25) is 15.9 Å². The van der Waals surface area contributed by atoms with Crippen molar-refractivity contribution in [2.75, 3.05) is 25.5 Å². The highest BCUT2D eigenvalue weighted by atomic mass is 32.2. The van der Waals surface area contributed by atoms with E-state index >= 15 is 0 Å². The lowest BCUT2D eigenvalue weighted by atomic mass is 10.1. The Morgan fingerprint density at radius 3 is 2.42 bits per heavy atom. The van der Waals surface area contributed by atoms with Crippen LogP contribution in [0.1, 0.15) is 39.5 Å². The van der Waals surface area contributed by atoms with E-state index in [4.69, 9.17) is 11.1 Å². The molecule has 1 unspecified atom stereocenters. The van der Waals surface area contributed by atoms with Gasteiger partial charge in [0.05, 0.1) is 4.90 Å². The van der Waals surface area contributed by atoms with Crippen molar-refractivity contribution < 1.29 is 13.2 Å². The molecule has 0 aromatic heterocycles. The van der Waals surface area contributed by atoms with E-state index in [1.165, 1.54) is 0 Å². The fraction of sp³-hybridized carbons (Fsp3) is 0.478. The summed E-state index contributed by atoms with van der Waals surface area (Å²) in [6, 6.07) is 9.65. The molecule has 0 heterocycles. The van der Waals surface area contributed by atoms with E-state index < -0.39 is 16.1 Å². The quantitative estimate of drug-likeness (QED) is 0.181. The maximum Gasteiger partial charge on any atom is 0.241 e. The average molecular weight is 477 g/mol. The van der Waals surface area contributed by atoms with Gasteiger partial charge in [-0.05, 0) is 38.3 Å². The van der Waals surface area contributed by atoms with Gasteiger partial charge in [-0.2, -0.15) is 4.72 Å². The minimum atomic E-state index is -3.99. The summed E-state index contributed by atoms with van der Waals surface area (Å²) in [5, 5.41) is 14.3. The van der Waals surface area contributed by atoms with Gasteiger partial charge in [-0.15, -0.1) is 0 Å². The zero-order valence-corrected chi connectivity index (χ0v) is 20.6. The number of nitrogens with one attached hydrogen (secondary N) is 4. The van der Waals surface area contributed by atoms with E-state index in [-0.39, 0.29) is 29.2 Å². The van der Waals surface area contributed by atoms with Crippen LogP contribution in [0.25, 0.3) is 10.8 Å². The first-order chi connectivity index (χ1) is 15.6. The van der Waals surface area contributed by atoms with E-state index in [1.54, 1.807) is 18.2 Å². The van der Waals surface area contributed by atoms with Gasteiger partial charge in [-0.3, -0.25) is 10.2 Å². The number of fused-ring (bicyclic) bond motifs is 1. The molecule has 0 bridgehead atoms. The minimum Gasteiger partial charge on any atom is -0.377 e. The number of nitrogens with two attached hydrogens (primary N) is 1. The minimum absolute atomic E-state index is 0.0648. The molecule has 33 heavy (non-hydrogen) atoms. The van der Waals surface area contributed by atoms with Crippen LogP contribution in [0.2, 0.25) is 0 Å². The van der Waals surface area contributed by atoms with Crippen LogP contribution >= 0.6 is 0 Å². The molecule has 0 spiro atoms. The largest absolute Gasteiger partial charge is 0.377 e. The molecule has 2 rings (SSSR count). The molecule has 6 N–H and O–H groups in total. The van der Waals surface area contributed by atoms with Gasteiger partial charge in [-0.1, -0.05) is 37.6 Å². The second-order valence-electron chi connectivity index (χ2n) is 8.38. The number of anilines is 1. The van der Waals surface area contributed by atoms with Crippen molar-refractivity contribution in [3.05, 3.63) is 36.4 Å². The molecule has 2 aromatic rings. The number of benzene rings is 2. The van der Waals surface area contributed by atoms with Gasteiger partial charge in [0.15, 0.2) is 5.96 Å². The lowest BCUT2D eigenvalue weighted by molar-refractivity contribution is -0.123. The van der Waals surface area contributed by atoms with E-state index in [9.17, 15) is 13.2 Å². The highest BCUT2D eigenvalue weighted by Crippen LogP contribution is 2.30. The van der Waals surface area contributed by atoms with Gasteiger partial charge >= 0.3 is 0 Å². The number of hydrogen-bond donors (Lipinski definition) is 5. The van der Waals surface area contributed by atoms with E-state index in [0.717, 1.165) is 23.9 Å². The molecule has 0 aliphatic rings. The summed E-state index contributed by atoms with van der Waals surface area (Å²) in [7, 11) is -0.184. The summed E-state index contributed by atoms with van der Waals surface area (Å²) in [5.74, 6) is -0.530. The summed E-state index contributed by atoms with van der Waals surface area (Å²) in [5.41, 5.74) is 6.22. The summed E-state index contributed by atoms with van der Waals surface area (Å²) in [6.07, 6.45) is 2.43. The molecule has 1 amide bonds. The Balaban J connectivity index is 2.34. The third-order valence-corrected chi connectivity index (χ3v) is 6.87. The molecule has 182 valence electrons. The summed E-state index contributed by atoms with van der Waals surface area (Å²) in [4.78, 5) is 15.0. The third-order valence-electron chi connectivity index (χ3n) is 5.34. The molecule has 10 heteroatoms. The van der Waals surface area contributed by atoms with Crippen LogP contribution in [0.3, 0.4) is 0 Å². The number of hydrogen-bond acceptors (Lipinski definition) is 5. The fourth-order valence-electron chi connectivity index (χ4n) is 3.76. The predicted octanol–water partition coefficient (Wildman–Crippen LogP) is 2.12. The SMILES string of the molecule is CCCC(C)NC(=O)[C@H](CCCNC(=N)N)NS(=O)(=O)c1cccc2c(N(C)C)cccc12. The van der Waals surface area contributed by atoms with Crippen molar-refractivity contribution in [2.45, 2.75) is 56.5 Å². The van der Waals surface area contributed by atoms with Gasteiger partial charge in [0, 0.05) is 43.1 Å². The van der Waals surface area contributed by atoms with Gasteiger partial charge < -0.3 is 21.3 Å². The predicted molar refractivity (Wildman–Crippen MR) is 134 cm³/mol. The number of amides is 1. The summed E-state index contributed by atoms with van der Waals surface area (Å²) in [6.45, 7) is 4.29. The van der Waals surface area contributed by atoms with Crippen molar-refractivity contribution in [3.8, 4) is 0 Å². The molecular weight excluding hydrogens is 440 g/mol. The highest BCUT2D eigenvalue weighted by Gasteiger charge is 2.27. The maximum atomic E-state index is 13.4. The van der Waals surface area contributed by atoms with Crippen molar-refractivity contribution in [2.24, 2.45) is 5.73 Å². The lowest BCUT2D eigenvalue weighted by Crippen LogP contribution is -2.49. The molecular formula is C23H36N6O3S. The van der Waals surface area contributed by atoms with Crippen LogP contribution < -0.4 is 26.0 Å². The highest BCUT2D eigenvalue weighted by molar-refractivity contribution is 7.89. The molecule has 0 aliphatic carbocycles. The molecule has 0 fully saturated rings. The molecule has 0 saturated heterocycles. The van der Waals surface area contributed by atoms with E-state index in [1.807, 2.05) is 51.0 Å². The Morgan fingerprint density at radius 2 is 1.79 bits per heavy atom. The number of guanidine groups is 1. The number of sulfonamides is 1. The van der Waals surface area contributed by atoms with E-state index in [2.05, 4.69) is 15.4 Å². The van der Waals surface area contributed by atoms with Crippen LogP contribution in [-0.2, 0) is 14.8 Å². The van der Waals surface area contributed by atoms with Crippen LogP contribution in [0.15, 0.2) is 41.3 Å². The van der Waals surface area contributed by atoms with Gasteiger partial charge in [0.25, 0.3) is 0 Å². The van der Waals surface area contributed by atoms with Gasteiger partial charge in [-0.25, -0.2) is 8.42 Å². The van der Waals surface area contributed by atoms with Crippen molar-refractivity contribution >= 4 is 38.3 Å². The van der Waals surface area contributed by atoms with Gasteiger partial charge in [0.1, 0.15) is 6.04 Å². The van der Waals surface area contributed by atoms with Crippen LogP contribution in [0, 0.1) is 5.41 Å². The summed E-state index contributed by atoms with van der Waals surface area (Å²) < 4.78 is 29.5. The second-order valence-corrected chi connectivity index (χ2v) is 10.1. The molecule has 0 saturated carbocycles.